The number of rotatable bonds is 4. The highest BCUT2D eigenvalue weighted by atomic mass is 32.2. The van der Waals surface area contributed by atoms with E-state index in [0.29, 0.717) is 16.9 Å². The minimum atomic E-state index is -1.15. The van der Waals surface area contributed by atoms with E-state index in [4.69, 9.17) is 5.73 Å². The summed E-state index contributed by atoms with van der Waals surface area (Å²) in [6.07, 6.45) is 0. The van der Waals surface area contributed by atoms with Crippen molar-refractivity contribution in [2.24, 2.45) is 5.73 Å². The van der Waals surface area contributed by atoms with Crippen molar-refractivity contribution in [3.63, 3.8) is 0 Å². The van der Waals surface area contributed by atoms with Crippen LogP contribution in [0.15, 0.2) is 35.5 Å². The highest BCUT2D eigenvalue weighted by Crippen LogP contribution is 2.40. The minimum Gasteiger partial charge on any atom is -0.508 e. The highest BCUT2D eigenvalue weighted by molar-refractivity contribution is 8.00. The summed E-state index contributed by atoms with van der Waals surface area (Å²) in [5.74, 6) is -1.61. The second-order valence-electron chi connectivity index (χ2n) is 5.90. The third kappa shape index (κ3) is 2.96. The predicted molar refractivity (Wildman–Crippen MR) is 90.4 cm³/mol. The molecule has 8 nitrogen and oxygen atoms in total. The molecule has 1 fully saturated rings. The lowest BCUT2D eigenvalue weighted by Gasteiger charge is -2.49. The van der Waals surface area contributed by atoms with Gasteiger partial charge in [-0.05, 0) is 30.2 Å². The molecule has 3 atom stereocenters. The Balaban J connectivity index is 1.71. The van der Waals surface area contributed by atoms with E-state index in [0.717, 1.165) is 0 Å². The maximum absolute atomic E-state index is 12.3. The van der Waals surface area contributed by atoms with Gasteiger partial charge in [-0.3, -0.25) is 14.5 Å². The topological polar surface area (TPSA) is 133 Å². The van der Waals surface area contributed by atoms with Gasteiger partial charge >= 0.3 is 5.97 Å². The fourth-order valence-electron chi connectivity index (χ4n) is 2.85. The molecule has 2 aliphatic rings. The Hall–Kier alpha value is -2.52. The number of thioether (sulfide) groups is 1. The number of hydrogen-bond donors (Lipinski definition) is 4. The Morgan fingerprint density at radius 3 is 2.60 bits per heavy atom. The van der Waals surface area contributed by atoms with Gasteiger partial charge in [-0.15, -0.1) is 11.8 Å². The van der Waals surface area contributed by atoms with Crippen molar-refractivity contribution in [3.8, 4) is 5.75 Å². The van der Waals surface area contributed by atoms with Crippen LogP contribution in [0.2, 0.25) is 0 Å². The van der Waals surface area contributed by atoms with Gasteiger partial charge in [-0.2, -0.15) is 0 Å². The molecule has 1 aromatic rings. The summed E-state index contributed by atoms with van der Waals surface area (Å²) in [5.41, 5.74) is 7.00. The molecule has 25 heavy (non-hydrogen) atoms. The lowest BCUT2D eigenvalue weighted by molar-refractivity contribution is -0.150. The summed E-state index contributed by atoms with van der Waals surface area (Å²) in [4.78, 5) is 37.2. The lowest BCUT2D eigenvalue weighted by atomic mass is 10.0. The molecule has 1 saturated heterocycles. The van der Waals surface area contributed by atoms with E-state index in [9.17, 15) is 24.6 Å². The summed E-state index contributed by atoms with van der Waals surface area (Å²) >= 11 is 1.40. The normalized spacial score (nSPS) is 23.6. The molecule has 2 aliphatic heterocycles. The second-order valence-corrected chi connectivity index (χ2v) is 7.00. The van der Waals surface area contributed by atoms with Crippen LogP contribution < -0.4 is 11.1 Å². The van der Waals surface area contributed by atoms with Crippen molar-refractivity contribution >= 4 is 29.5 Å². The molecule has 0 aromatic heterocycles. The highest BCUT2D eigenvalue weighted by Gasteiger charge is 2.53. The van der Waals surface area contributed by atoms with E-state index in [-0.39, 0.29) is 11.4 Å². The summed E-state index contributed by atoms with van der Waals surface area (Å²) in [6, 6.07) is 4.09. The Morgan fingerprint density at radius 1 is 1.36 bits per heavy atom. The molecule has 0 radical (unpaired) electrons. The molecule has 2 unspecified atom stereocenters. The molecule has 0 spiro atoms. The summed E-state index contributed by atoms with van der Waals surface area (Å²) in [7, 11) is 0. The Morgan fingerprint density at radius 2 is 2.00 bits per heavy atom. The summed E-state index contributed by atoms with van der Waals surface area (Å²) in [5, 5.41) is 20.7. The van der Waals surface area contributed by atoms with Gasteiger partial charge in [0.15, 0.2) is 0 Å². The second kappa shape index (κ2) is 6.41. The van der Waals surface area contributed by atoms with Crippen molar-refractivity contribution in [2.75, 3.05) is 5.75 Å². The Labute approximate surface area is 147 Å². The van der Waals surface area contributed by atoms with Crippen LogP contribution in [0.25, 0.3) is 0 Å². The van der Waals surface area contributed by atoms with Crippen LogP contribution in [0.4, 0.5) is 0 Å². The van der Waals surface area contributed by atoms with Crippen molar-refractivity contribution in [2.45, 2.75) is 24.4 Å². The van der Waals surface area contributed by atoms with Crippen LogP contribution >= 0.6 is 11.8 Å². The summed E-state index contributed by atoms with van der Waals surface area (Å²) < 4.78 is 0. The number of fused-ring (bicyclic) bond motifs is 1. The van der Waals surface area contributed by atoms with E-state index in [1.165, 1.54) is 40.9 Å². The van der Waals surface area contributed by atoms with E-state index in [2.05, 4.69) is 5.32 Å². The van der Waals surface area contributed by atoms with E-state index in [1.54, 1.807) is 6.92 Å². The zero-order valence-electron chi connectivity index (χ0n) is 13.3. The maximum atomic E-state index is 12.3. The molecule has 132 valence electrons. The Bertz CT molecular complexity index is 776. The first kappa shape index (κ1) is 17.3. The predicted octanol–water partition coefficient (Wildman–Crippen LogP) is 0.151. The number of phenols is 1. The van der Waals surface area contributed by atoms with E-state index in [1.807, 2.05) is 0 Å². The SMILES string of the molecule is CC1=C(C(=O)O)N2C(=O)C(NC(=O)C(N)c3ccc(O)cc3)[C@@H]2SC1. The number of carbonyl (C=O) groups excluding carboxylic acids is 2. The number of phenolic OH excluding ortho intramolecular Hbond substituents is 1. The van der Waals surface area contributed by atoms with Crippen molar-refractivity contribution < 1.29 is 24.6 Å². The average molecular weight is 363 g/mol. The number of carboxylic acid groups (broad SMARTS) is 1. The first-order valence-corrected chi connectivity index (χ1v) is 8.58. The number of aliphatic carboxylic acids is 1. The quantitative estimate of drug-likeness (QED) is 0.560. The molecular weight excluding hydrogens is 346 g/mol. The first-order chi connectivity index (χ1) is 11.8. The molecule has 0 aliphatic carbocycles. The lowest BCUT2D eigenvalue weighted by Crippen LogP contribution is -2.71. The molecule has 2 heterocycles. The van der Waals surface area contributed by atoms with Crippen LogP contribution in [-0.4, -0.2) is 50.1 Å². The monoisotopic (exact) mass is 363 g/mol. The molecule has 0 bridgehead atoms. The number of β-lactam (4-membered cyclic amide) rings is 1. The largest absolute Gasteiger partial charge is 0.508 e. The van der Waals surface area contributed by atoms with E-state index < -0.39 is 35.2 Å². The Kier molecular flexibility index (Phi) is 4.44. The van der Waals surface area contributed by atoms with Gasteiger partial charge in [0.2, 0.25) is 5.91 Å². The number of carbonyl (C=O) groups is 3. The molecular formula is C16H17N3O5S. The third-order valence-electron chi connectivity index (χ3n) is 4.19. The van der Waals surface area contributed by atoms with Crippen LogP contribution in [0.1, 0.15) is 18.5 Å². The number of benzene rings is 1. The standard InChI is InChI=1S/C16H17N3O5S/c1-7-6-25-15-11(14(22)19(15)12(7)16(23)24)18-13(21)10(17)8-2-4-9(20)5-3-8/h2-5,10-11,15,20H,6,17H2,1H3,(H,18,21)(H,23,24)/t10?,11?,15-/m0/s1. The third-order valence-corrected chi connectivity index (χ3v) is 5.62. The van der Waals surface area contributed by atoms with Crippen molar-refractivity contribution in [1.29, 1.82) is 0 Å². The number of amides is 2. The van der Waals surface area contributed by atoms with Gasteiger partial charge in [-0.1, -0.05) is 12.1 Å². The van der Waals surface area contributed by atoms with Crippen molar-refractivity contribution in [1.82, 2.24) is 10.2 Å². The van der Waals surface area contributed by atoms with Gasteiger partial charge in [0, 0.05) is 5.75 Å². The van der Waals surface area contributed by atoms with E-state index >= 15 is 0 Å². The van der Waals surface area contributed by atoms with Crippen LogP contribution in [0, 0.1) is 0 Å². The van der Waals surface area contributed by atoms with Crippen LogP contribution in [0.3, 0.4) is 0 Å². The molecule has 3 rings (SSSR count). The number of nitrogens with one attached hydrogen (secondary N) is 1. The van der Waals surface area contributed by atoms with Crippen LogP contribution in [0.5, 0.6) is 5.75 Å². The molecule has 5 N–H and O–H groups in total. The number of nitrogens with zero attached hydrogens (tertiary/aromatic N) is 1. The first-order valence-electron chi connectivity index (χ1n) is 7.54. The number of nitrogens with two attached hydrogens (primary N) is 1. The van der Waals surface area contributed by atoms with Gasteiger partial charge in [0.1, 0.15) is 28.9 Å². The van der Waals surface area contributed by atoms with Gasteiger partial charge in [0.25, 0.3) is 5.91 Å². The average Bonchev–Trinajstić information content (AvgIpc) is 2.58. The summed E-state index contributed by atoms with van der Waals surface area (Å²) in [6.45, 7) is 1.67. The smallest absolute Gasteiger partial charge is 0.352 e. The zero-order valence-corrected chi connectivity index (χ0v) is 14.1. The molecule has 2 amide bonds. The van der Waals surface area contributed by atoms with Gasteiger partial charge in [0.05, 0.1) is 0 Å². The fourth-order valence-corrected chi connectivity index (χ4v) is 4.14. The van der Waals surface area contributed by atoms with Gasteiger partial charge in [-0.25, -0.2) is 4.79 Å². The number of hydrogen-bond acceptors (Lipinski definition) is 6. The van der Waals surface area contributed by atoms with Crippen LogP contribution in [-0.2, 0) is 14.4 Å². The fraction of sp³-hybridized carbons (Fsp3) is 0.312. The zero-order chi connectivity index (χ0) is 18.3. The molecule has 0 saturated carbocycles. The maximum Gasteiger partial charge on any atom is 0.352 e. The molecule has 1 aromatic carbocycles. The number of carboxylic acids is 1. The minimum absolute atomic E-state index is 0.0120. The number of aromatic hydroxyl groups is 1. The van der Waals surface area contributed by atoms with Crippen molar-refractivity contribution in [3.05, 3.63) is 41.1 Å². The molecule has 9 heteroatoms. The van der Waals surface area contributed by atoms with Gasteiger partial charge < -0.3 is 21.3 Å².